The standard InChI is InChI=1S/C17H15ClF3NO3S2/c1-10(26-13-7-8-15(18)14(9-13)17(19,20)21)16(23)11-3-5-12(6-4-11)22-27(2,24)25/h3-10,22H,1-2H3/t10-/m0/s1. The fraction of sp³-hybridized carbons (Fsp3) is 0.235. The van der Waals surface area contributed by atoms with Crippen LogP contribution in [0.5, 0.6) is 0 Å². The van der Waals surface area contributed by atoms with Crippen molar-refractivity contribution in [1.82, 2.24) is 0 Å². The molecule has 0 aliphatic rings. The maximum Gasteiger partial charge on any atom is 0.417 e. The summed E-state index contributed by atoms with van der Waals surface area (Å²) in [5.74, 6) is -0.297. The Morgan fingerprint density at radius 3 is 2.26 bits per heavy atom. The minimum Gasteiger partial charge on any atom is -0.293 e. The number of Topliss-reactive ketones (excluding diaryl/α,β-unsaturated/α-hetero) is 1. The first-order valence-electron chi connectivity index (χ1n) is 7.52. The van der Waals surface area contributed by atoms with Crippen molar-refractivity contribution in [3.63, 3.8) is 0 Å². The molecule has 0 unspecified atom stereocenters. The van der Waals surface area contributed by atoms with Gasteiger partial charge < -0.3 is 0 Å². The lowest BCUT2D eigenvalue weighted by Gasteiger charge is -2.14. The first-order valence-corrected chi connectivity index (χ1v) is 10.7. The van der Waals surface area contributed by atoms with Gasteiger partial charge in [0.2, 0.25) is 10.0 Å². The number of hydrogen-bond donors (Lipinski definition) is 1. The molecule has 2 aromatic carbocycles. The van der Waals surface area contributed by atoms with Crippen molar-refractivity contribution < 1.29 is 26.4 Å². The second-order valence-corrected chi connectivity index (χ2v) is 9.29. The maximum absolute atomic E-state index is 12.9. The molecule has 0 saturated heterocycles. The van der Waals surface area contributed by atoms with E-state index in [4.69, 9.17) is 11.6 Å². The summed E-state index contributed by atoms with van der Waals surface area (Å²) in [4.78, 5) is 12.8. The van der Waals surface area contributed by atoms with E-state index in [2.05, 4.69) is 4.72 Å². The smallest absolute Gasteiger partial charge is 0.293 e. The Balaban J connectivity index is 2.14. The third kappa shape index (κ3) is 6.15. The molecule has 0 saturated carbocycles. The normalized spacial score (nSPS) is 13.3. The average molecular weight is 438 g/mol. The molecule has 0 bridgehead atoms. The molecule has 146 valence electrons. The summed E-state index contributed by atoms with van der Waals surface area (Å²) >= 11 is 6.57. The number of alkyl halides is 3. The van der Waals surface area contributed by atoms with Crippen LogP contribution in [0.3, 0.4) is 0 Å². The number of anilines is 1. The van der Waals surface area contributed by atoms with Gasteiger partial charge in [0.15, 0.2) is 5.78 Å². The van der Waals surface area contributed by atoms with Crippen molar-refractivity contribution in [2.45, 2.75) is 23.2 Å². The highest BCUT2D eigenvalue weighted by Gasteiger charge is 2.33. The van der Waals surface area contributed by atoms with E-state index in [9.17, 15) is 26.4 Å². The average Bonchev–Trinajstić information content (AvgIpc) is 2.54. The van der Waals surface area contributed by atoms with Gasteiger partial charge in [-0.05, 0) is 49.4 Å². The van der Waals surface area contributed by atoms with Crippen LogP contribution < -0.4 is 4.72 Å². The molecule has 0 aliphatic carbocycles. The molecular weight excluding hydrogens is 423 g/mol. The number of thioether (sulfide) groups is 1. The van der Waals surface area contributed by atoms with Crippen molar-refractivity contribution >= 4 is 44.9 Å². The van der Waals surface area contributed by atoms with Gasteiger partial charge in [-0.25, -0.2) is 8.42 Å². The Bertz CT molecular complexity index is 945. The summed E-state index contributed by atoms with van der Waals surface area (Å²) in [6, 6.07) is 9.27. The Hall–Kier alpha value is -1.71. The van der Waals surface area contributed by atoms with Gasteiger partial charge in [-0.2, -0.15) is 13.2 Å². The lowest BCUT2D eigenvalue weighted by molar-refractivity contribution is -0.137. The van der Waals surface area contributed by atoms with Crippen LogP contribution in [0.1, 0.15) is 22.8 Å². The van der Waals surface area contributed by atoms with Crippen molar-refractivity contribution in [2.24, 2.45) is 0 Å². The first kappa shape index (κ1) is 21.6. The number of ketones is 1. The van der Waals surface area contributed by atoms with Gasteiger partial charge in [-0.15, -0.1) is 11.8 Å². The lowest BCUT2D eigenvalue weighted by atomic mass is 10.1. The molecule has 0 heterocycles. The van der Waals surface area contributed by atoms with Crippen LogP contribution in [-0.2, 0) is 16.2 Å². The van der Waals surface area contributed by atoms with Crippen LogP contribution in [0.15, 0.2) is 47.4 Å². The third-order valence-electron chi connectivity index (χ3n) is 3.40. The van der Waals surface area contributed by atoms with Gasteiger partial charge in [0.05, 0.1) is 22.1 Å². The van der Waals surface area contributed by atoms with Crippen LogP contribution in [-0.4, -0.2) is 25.7 Å². The number of halogens is 4. The summed E-state index contributed by atoms with van der Waals surface area (Å²) in [5, 5.41) is -1.05. The monoisotopic (exact) mass is 437 g/mol. The maximum atomic E-state index is 12.9. The Morgan fingerprint density at radius 2 is 1.74 bits per heavy atom. The Morgan fingerprint density at radius 1 is 1.15 bits per heavy atom. The van der Waals surface area contributed by atoms with Crippen LogP contribution in [0.2, 0.25) is 5.02 Å². The highest BCUT2D eigenvalue weighted by Crippen LogP contribution is 2.38. The topological polar surface area (TPSA) is 63.2 Å². The molecule has 10 heteroatoms. The zero-order chi connectivity index (χ0) is 20.4. The predicted molar refractivity (Wildman–Crippen MR) is 101 cm³/mol. The number of hydrogen-bond acceptors (Lipinski definition) is 4. The number of carbonyl (C=O) groups excluding carboxylic acids is 1. The Labute approximate surface area is 164 Å². The fourth-order valence-electron chi connectivity index (χ4n) is 2.20. The van der Waals surface area contributed by atoms with E-state index in [0.29, 0.717) is 11.3 Å². The molecule has 0 amide bonds. The summed E-state index contributed by atoms with van der Waals surface area (Å²) in [6.07, 6.45) is -3.57. The van der Waals surface area contributed by atoms with Crippen molar-refractivity contribution in [1.29, 1.82) is 0 Å². The molecule has 2 rings (SSSR count). The third-order valence-corrected chi connectivity index (χ3v) is 5.43. The van der Waals surface area contributed by atoms with Gasteiger partial charge in [0.25, 0.3) is 0 Å². The van der Waals surface area contributed by atoms with Crippen LogP contribution in [0.4, 0.5) is 18.9 Å². The quantitative estimate of drug-likeness (QED) is 0.504. The summed E-state index contributed by atoms with van der Waals surface area (Å²) in [5.41, 5.74) is -0.328. The SMILES string of the molecule is C[C@H](Sc1ccc(Cl)c(C(F)(F)F)c1)C(=O)c1ccc(NS(C)(=O)=O)cc1. The van der Waals surface area contributed by atoms with Gasteiger partial charge in [0, 0.05) is 16.1 Å². The molecule has 4 nitrogen and oxygen atoms in total. The number of sulfonamides is 1. The van der Waals surface area contributed by atoms with E-state index in [-0.39, 0.29) is 10.7 Å². The van der Waals surface area contributed by atoms with E-state index in [1.54, 1.807) is 6.92 Å². The largest absolute Gasteiger partial charge is 0.417 e. The molecule has 0 aliphatic heterocycles. The van der Waals surface area contributed by atoms with E-state index in [0.717, 1.165) is 30.2 Å². The summed E-state index contributed by atoms with van der Waals surface area (Å²) < 4.78 is 63.4. The van der Waals surface area contributed by atoms with E-state index >= 15 is 0 Å². The summed E-state index contributed by atoms with van der Waals surface area (Å²) in [7, 11) is -3.43. The van der Waals surface area contributed by atoms with Gasteiger partial charge >= 0.3 is 6.18 Å². The van der Waals surface area contributed by atoms with Crippen molar-refractivity contribution in [3.8, 4) is 0 Å². The minimum absolute atomic E-state index is 0.267. The Kier molecular flexibility index (Phi) is 6.49. The number of rotatable bonds is 6. The van der Waals surface area contributed by atoms with Gasteiger partial charge in [0.1, 0.15) is 0 Å². The lowest BCUT2D eigenvalue weighted by Crippen LogP contribution is -2.14. The molecule has 0 aromatic heterocycles. The number of benzene rings is 2. The zero-order valence-electron chi connectivity index (χ0n) is 14.2. The highest BCUT2D eigenvalue weighted by atomic mass is 35.5. The minimum atomic E-state index is -4.58. The van der Waals surface area contributed by atoms with Crippen LogP contribution in [0.25, 0.3) is 0 Å². The van der Waals surface area contributed by atoms with Crippen LogP contribution in [0, 0.1) is 0 Å². The number of nitrogens with one attached hydrogen (secondary N) is 1. The molecule has 2 aromatic rings. The van der Waals surface area contributed by atoms with E-state index < -0.39 is 32.0 Å². The number of carbonyl (C=O) groups is 1. The first-order chi connectivity index (χ1) is 12.4. The van der Waals surface area contributed by atoms with Crippen LogP contribution >= 0.6 is 23.4 Å². The highest BCUT2D eigenvalue weighted by molar-refractivity contribution is 8.00. The molecule has 0 radical (unpaired) electrons. The molecule has 1 atom stereocenters. The van der Waals surface area contributed by atoms with Gasteiger partial charge in [-0.1, -0.05) is 11.6 Å². The second kappa shape index (κ2) is 8.12. The van der Waals surface area contributed by atoms with E-state index in [1.807, 2.05) is 0 Å². The summed E-state index contributed by atoms with van der Waals surface area (Å²) in [6.45, 7) is 1.58. The zero-order valence-corrected chi connectivity index (χ0v) is 16.6. The molecule has 0 fully saturated rings. The molecule has 27 heavy (non-hydrogen) atoms. The molecular formula is C17H15ClF3NO3S2. The molecule has 1 N–H and O–H groups in total. The van der Waals surface area contributed by atoms with Gasteiger partial charge in [-0.3, -0.25) is 9.52 Å². The van der Waals surface area contributed by atoms with E-state index in [1.165, 1.54) is 30.3 Å². The molecule has 0 spiro atoms. The second-order valence-electron chi connectivity index (χ2n) is 5.72. The fourth-order valence-corrected chi connectivity index (χ4v) is 3.98. The van der Waals surface area contributed by atoms with Crippen molar-refractivity contribution in [3.05, 3.63) is 58.6 Å². The predicted octanol–water partition coefficient (Wildman–Crippen LogP) is 5.09. The van der Waals surface area contributed by atoms with Crippen molar-refractivity contribution in [2.75, 3.05) is 11.0 Å².